The highest BCUT2D eigenvalue weighted by molar-refractivity contribution is 6.31. The van der Waals surface area contributed by atoms with Crippen molar-refractivity contribution in [3.05, 3.63) is 70.5 Å². The molecule has 1 aliphatic rings. The maximum Gasteiger partial charge on any atom is 0.253 e. The molecule has 1 saturated heterocycles. The Morgan fingerprint density at radius 1 is 0.923 bits per heavy atom. The molecule has 6 heteroatoms. The highest BCUT2D eigenvalue weighted by Gasteiger charge is 2.24. The van der Waals surface area contributed by atoms with Gasteiger partial charge in [0.05, 0.1) is 0 Å². The van der Waals surface area contributed by atoms with Gasteiger partial charge in [-0.25, -0.2) is 4.39 Å². The summed E-state index contributed by atoms with van der Waals surface area (Å²) >= 11 is 6.12. The van der Waals surface area contributed by atoms with Crippen molar-refractivity contribution in [2.75, 3.05) is 26.2 Å². The molecule has 26 heavy (non-hydrogen) atoms. The molecule has 2 aromatic rings. The van der Waals surface area contributed by atoms with E-state index in [1.165, 1.54) is 24.3 Å². The zero-order valence-corrected chi connectivity index (χ0v) is 15.1. The normalized spacial score (nSPS) is 14.4. The molecule has 0 bridgehead atoms. The summed E-state index contributed by atoms with van der Waals surface area (Å²) in [7, 11) is 0. The third-order valence-corrected chi connectivity index (χ3v) is 4.95. The fraction of sp³-hybridized carbons (Fsp3) is 0.300. The molecule has 4 nitrogen and oxygen atoms in total. The van der Waals surface area contributed by atoms with E-state index in [9.17, 15) is 14.0 Å². The number of carbonyl (C=O) groups is 2. The molecule has 0 spiro atoms. The summed E-state index contributed by atoms with van der Waals surface area (Å²) in [4.78, 5) is 28.3. The highest BCUT2D eigenvalue weighted by atomic mass is 35.5. The lowest BCUT2D eigenvalue weighted by atomic mass is 10.1. The van der Waals surface area contributed by atoms with Gasteiger partial charge in [-0.1, -0.05) is 29.8 Å². The van der Waals surface area contributed by atoms with Crippen LogP contribution in [0, 0.1) is 5.82 Å². The van der Waals surface area contributed by atoms with E-state index in [1.807, 2.05) is 24.3 Å². The monoisotopic (exact) mass is 374 g/mol. The van der Waals surface area contributed by atoms with E-state index in [0.717, 1.165) is 5.56 Å². The second-order valence-electron chi connectivity index (χ2n) is 6.27. The summed E-state index contributed by atoms with van der Waals surface area (Å²) in [6, 6.07) is 13.0. The minimum absolute atomic E-state index is 0.0683. The number of piperazine rings is 1. The van der Waals surface area contributed by atoms with Crippen LogP contribution in [-0.2, 0) is 11.2 Å². The molecule has 0 aromatic heterocycles. The van der Waals surface area contributed by atoms with Gasteiger partial charge in [-0.2, -0.15) is 0 Å². The first-order valence-corrected chi connectivity index (χ1v) is 8.98. The molecule has 0 unspecified atom stereocenters. The van der Waals surface area contributed by atoms with Crippen LogP contribution in [0.4, 0.5) is 4.39 Å². The Hall–Kier alpha value is -2.40. The van der Waals surface area contributed by atoms with Gasteiger partial charge in [-0.15, -0.1) is 0 Å². The SMILES string of the molecule is O=C(CCc1ccccc1Cl)N1CCN(C(=O)c2ccc(F)cc2)CC1. The predicted molar refractivity (Wildman–Crippen MR) is 98.7 cm³/mol. The number of hydrogen-bond acceptors (Lipinski definition) is 2. The zero-order chi connectivity index (χ0) is 18.5. The second kappa shape index (κ2) is 8.32. The summed E-state index contributed by atoms with van der Waals surface area (Å²) in [6.07, 6.45) is 1.00. The van der Waals surface area contributed by atoms with E-state index in [1.54, 1.807) is 9.80 Å². The van der Waals surface area contributed by atoms with Crippen LogP contribution in [0.1, 0.15) is 22.3 Å². The predicted octanol–water partition coefficient (Wildman–Crippen LogP) is 3.40. The van der Waals surface area contributed by atoms with Crippen molar-refractivity contribution in [3.8, 4) is 0 Å². The van der Waals surface area contributed by atoms with Crippen LogP contribution in [-0.4, -0.2) is 47.8 Å². The van der Waals surface area contributed by atoms with Gasteiger partial charge in [-0.3, -0.25) is 9.59 Å². The zero-order valence-electron chi connectivity index (χ0n) is 14.3. The van der Waals surface area contributed by atoms with E-state index >= 15 is 0 Å². The van der Waals surface area contributed by atoms with Gasteiger partial charge in [0.1, 0.15) is 5.82 Å². The Kier molecular flexibility index (Phi) is 5.89. The van der Waals surface area contributed by atoms with Gasteiger partial charge in [0.15, 0.2) is 0 Å². The van der Waals surface area contributed by atoms with Crippen LogP contribution < -0.4 is 0 Å². The number of nitrogens with zero attached hydrogens (tertiary/aromatic N) is 2. The maximum absolute atomic E-state index is 13.0. The molecule has 2 aromatic carbocycles. The number of rotatable bonds is 4. The molecule has 1 fully saturated rings. The molecule has 3 rings (SSSR count). The second-order valence-corrected chi connectivity index (χ2v) is 6.68. The Morgan fingerprint density at radius 3 is 2.19 bits per heavy atom. The molecular weight excluding hydrogens is 355 g/mol. The van der Waals surface area contributed by atoms with Crippen molar-refractivity contribution >= 4 is 23.4 Å². The third-order valence-electron chi connectivity index (χ3n) is 4.58. The molecule has 0 N–H and O–H groups in total. The number of halogens is 2. The summed E-state index contributed by atoms with van der Waals surface area (Å²) in [5.74, 6) is -0.428. The van der Waals surface area contributed by atoms with E-state index in [4.69, 9.17) is 11.6 Å². The fourth-order valence-electron chi connectivity index (χ4n) is 3.03. The van der Waals surface area contributed by atoms with Crippen molar-refractivity contribution < 1.29 is 14.0 Å². The van der Waals surface area contributed by atoms with Crippen molar-refractivity contribution in [2.45, 2.75) is 12.8 Å². The fourth-order valence-corrected chi connectivity index (χ4v) is 3.27. The Morgan fingerprint density at radius 2 is 1.54 bits per heavy atom. The van der Waals surface area contributed by atoms with Gasteiger partial charge in [0.2, 0.25) is 5.91 Å². The van der Waals surface area contributed by atoms with Crippen LogP contribution in [0.15, 0.2) is 48.5 Å². The van der Waals surface area contributed by atoms with Crippen LogP contribution in [0.5, 0.6) is 0 Å². The first kappa shape index (κ1) is 18.4. The molecule has 0 atom stereocenters. The number of carbonyl (C=O) groups excluding carboxylic acids is 2. The molecule has 0 aliphatic carbocycles. The number of hydrogen-bond donors (Lipinski definition) is 0. The largest absolute Gasteiger partial charge is 0.339 e. The van der Waals surface area contributed by atoms with Crippen molar-refractivity contribution in [1.82, 2.24) is 9.80 Å². The lowest BCUT2D eigenvalue weighted by Crippen LogP contribution is -2.50. The lowest BCUT2D eigenvalue weighted by molar-refractivity contribution is -0.132. The number of aryl methyl sites for hydroxylation is 1. The summed E-state index contributed by atoms with van der Waals surface area (Å²) in [5.41, 5.74) is 1.43. The van der Waals surface area contributed by atoms with E-state index in [2.05, 4.69) is 0 Å². The lowest BCUT2D eigenvalue weighted by Gasteiger charge is -2.35. The molecule has 0 saturated carbocycles. The number of amides is 2. The molecule has 1 heterocycles. The van der Waals surface area contributed by atoms with Crippen molar-refractivity contribution in [2.24, 2.45) is 0 Å². The summed E-state index contributed by atoms with van der Waals surface area (Å²) in [6.45, 7) is 1.98. The van der Waals surface area contributed by atoms with Crippen molar-refractivity contribution in [3.63, 3.8) is 0 Å². The van der Waals surface area contributed by atoms with Gasteiger partial charge in [0.25, 0.3) is 5.91 Å². The quantitative estimate of drug-likeness (QED) is 0.823. The van der Waals surface area contributed by atoms with E-state index in [-0.39, 0.29) is 17.6 Å². The van der Waals surface area contributed by atoms with Crippen LogP contribution in [0.3, 0.4) is 0 Å². The number of benzene rings is 2. The standard InChI is InChI=1S/C20H20ClFN2O2/c21-18-4-2-1-3-15(18)7-10-19(25)23-11-13-24(14-12-23)20(26)16-5-8-17(22)9-6-16/h1-6,8-9H,7,10-14H2. The van der Waals surface area contributed by atoms with Gasteiger partial charge in [-0.05, 0) is 42.3 Å². The first-order chi connectivity index (χ1) is 12.5. The Labute approximate surface area is 157 Å². The Balaban J connectivity index is 1.50. The average Bonchev–Trinajstić information content (AvgIpc) is 2.67. The van der Waals surface area contributed by atoms with Crippen molar-refractivity contribution in [1.29, 1.82) is 0 Å². The minimum atomic E-state index is -0.365. The minimum Gasteiger partial charge on any atom is -0.339 e. The van der Waals surface area contributed by atoms with E-state index < -0.39 is 0 Å². The molecule has 1 aliphatic heterocycles. The van der Waals surface area contributed by atoms with Gasteiger partial charge >= 0.3 is 0 Å². The molecule has 0 radical (unpaired) electrons. The molecular formula is C20H20ClFN2O2. The summed E-state index contributed by atoms with van der Waals surface area (Å²) < 4.78 is 13.0. The summed E-state index contributed by atoms with van der Waals surface area (Å²) in [5, 5.41) is 0.676. The first-order valence-electron chi connectivity index (χ1n) is 8.60. The van der Waals surface area contributed by atoms with Crippen LogP contribution in [0.25, 0.3) is 0 Å². The average molecular weight is 375 g/mol. The highest BCUT2D eigenvalue weighted by Crippen LogP contribution is 2.17. The smallest absolute Gasteiger partial charge is 0.253 e. The third kappa shape index (κ3) is 4.41. The van der Waals surface area contributed by atoms with Gasteiger partial charge < -0.3 is 9.80 Å². The topological polar surface area (TPSA) is 40.6 Å². The van der Waals surface area contributed by atoms with E-state index in [0.29, 0.717) is 49.6 Å². The molecule has 136 valence electrons. The van der Waals surface area contributed by atoms with Crippen LogP contribution in [0.2, 0.25) is 5.02 Å². The molecule has 2 amide bonds. The maximum atomic E-state index is 13.0. The Bertz CT molecular complexity index is 787. The van der Waals surface area contributed by atoms with Crippen LogP contribution >= 0.6 is 11.6 Å². The van der Waals surface area contributed by atoms with Gasteiger partial charge in [0, 0.05) is 43.2 Å².